The number of hydrogen-bond donors (Lipinski definition) is 1. The lowest BCUT2D eigenvalue weighted by atomic mass is 10.2. The Labute approximate surface area is 150 Å². The first-order chi connectivity index (χ1) is 12.1. The van der Waals surface area contributed by atoms with E-state index in [0.717, 1.165) is 6.42 Å². The zero-order valence-corrected chi connectivity index (χ0v) is 15.0. The molecule has 0 saturated carbocycles. The van der Waals surface area contributed by atoms with Gasteiger partial charge in [-0.05, 0) is 36.1 Å². The van der Waals surface area contributed by atoms with Crippen LogP contribution in [0.1, 0.15) is 21.0 Å². The fourth-order valence-electron chi connectivity index (χ4n) is 2.40. The molecule has 0 fully saturated rings. The van der Waals surface area contributed by atoms with Gasteiger partial charge in [-0.25, -0.2) is 8.42 Å². The Balaban J connectivity index is 1.66. The van der Waals surface area contributed by atoms with E-state index in [-0.39, 0.29) is 16.4 Å². The van der Waals surface area contributed by atoms with E-state index in [2.05, 4.69) is 5.32 Å². The smallest absolute Gasteiger partial charge is 0.287 e. The SMILES string of the molecule is O=C(NCCc1cccs1)c1occc1CS(=O)(=O)c1ccccc1. The average Bonchev–Trinajstić information content (AvgIpc) is 3.27. The minimum atomic E-state index is -3.53. The summed E-state index contributed by atoms with van der Waals surface area (Å²) in [7, 11) is -3.53. The van der Waals surface area contributed by atoms with Crippen LogP contribution in [0.3, 0.4) is 0 Å². The summed E-state index contributed by atoms with van der Waals surface area (Å²) in [6, 6.07) is 13.6. The molecule has 1 N–H and O–H groups in total. The number of hydrogen-bond acceptors (Lipinski definition) is 5. The molecule has 0 aliphatic heterocycles. The Bertz CT molecular complexity index is 929. The molecule has 2 heterocycles. The van der Waals surface area contributed by atoms with Crippen molar-refractivity contribution in [1.29, 1.82) is 0 Å². The van der Waals surface area contributed by atoms with Crippen molar-refractivity contribution < 1.29 is 17.6 Å². The van der Waals surface area contributed by atoms with Crippen molar-refractivity contribution in [3.63, 3.8) is 0 Å². The number of amides is 1. The van der Waals surface area contributed by atoms with Crippen molar-refractivity contribution in [2.24, 2.45) is 0 Å². The highest BCUT2D eigenvalue weighted by Gasteiger charge is 2.22. The van der Waals surface area contributed by atoms with E-state index < -0.39 is 15.7 Å². The van der Waals surface area contributed by atoms with Gasteiger partial charge in [0.15, 0.2) is 15.6 Å². The van der Waals surface area contributed by atoms with Crippen LogP contribution >= 0.6 is 11.3 Å². The molecule has 2 aromatic heterocycles. The van der Waals surface area contributed by atoms with Crippen LogP contribution in [0.5, 0.6) is 0 Å². The van der Waals surface area contributed by atoms with Gasteiger partial charge in [0, 0.05) is 17.0 Å². The Kier molecular flexibility index (Phi) is 5.35. The first kappa shape index (κ1) is 17.4. The van der Waals surface area contributed by atoms with Crippen molar-refractivity contribution >= 4 is 27.1 Å². The molecule has 25 heavy (non-hydrogen) atoms. The Morgan fingerprint density at radius 1 is 1.08 bits per heavy atom. The molecule has 0 spiro atoms. The van der Waals surface area contributed by atoms with Gasteiger partial charge in [0.1, 0.15) is 0 Å². The number of rotatable bonds is 7. The van der Waals surface area contributed by atoms with Gasteiger partial charge in [-0.2, -0.15) is 0 Å². The number of thiophene rings is 1. The molecular formula is C18H17NO4S2. The van der Waals surface area contributed by atoms with E-state index in [1.165, 1.54) is 29.3 Å². The number of furan rings is 1. The summed E-state index contributed by atoms with van der Waals surface area (Å²) in [5.41, 5.74) is 0.359. The first-order valence-electron chi connectivity index (χ1n) is 7.71. The van der Waals surface area contributed by atoms with Crippen LogP contribution in [0.15, 0.2) is 69.5 Å². The lowest BCUT2D eigenvalue weighted by molar-refractivity contribution is 0.0925. The van der Waals surface area contributed by atoms with Crippen molar-refractivity contribution in [3.05, 3.63) is 76.4 Å². The molecular weight excluding hydrogens is 358 g/mol. The van der Waals surface area contributed by atoms with Crippen molar-refractivity contribution in [2.75, 3.05) is 6.54 Å². The molecule has 3 rings (SSSR count). The zero-order valence-electron chi connectivity index (χ0n) is 13.3. The van der Waals surface area contributed by atoms with Gasteiger partial charge in [-0.3, -0.25) is 4.79 Å². The van der Waals surface area contributed by atoms with E-state index >= 15 is 0 Å². The monoisotopic (exact) mass is 375 g/mol. The van der Waals surface area contributed by atoms with Gasteiger partial charge in [-0.15, -0.1) is 11.3 Å². The second-order valence-electron chi connectivity index (χ2n) is 5.43. The van der Waals surface area contributed by atoms with Crippen molar-refractivity contribution in [1.82, 2.24) is 5.32 Å². The minimum absolute atomic E-state index is 0.0469. The van der Waals surface area contributed by atoms with Crippen LogP contribution in [-0.4, -0.2) is 20.9 Å². The van der Waals surface area contributed by atoms with E-state index in [4.69, 9.17) is 4.42 Å². The summed E-state index contributed by atoms with van der Waals surface area (Å²) < 4.78 is 30.2. The van der Waals surface area contributed by atoms with Gasteiger partial charge < -0.3 is 9.73 Å². The molecule has 0 atom stereocenters. The van der Waals surface area contributed by atoms with Crippen LogP contribution in [0.4, 0.5) is 0 Å². The normalized spacial score (nSPS) is 11.4. The summed E-state index contributed by atoms with van der Waals surface area (Å²) >= 11 is 1.63. The number of nitrogens with one attached hydrogen (secondary N) is 1. The molecule has 1 amide bonds. The summed E-state index contributed by atoms with van der Waals surface area (Å²) in [5.74, 6) is -0.633. The Morgan fingerprint density at radius 2 is 1.88 bits per heavy atom. The minimum Gasteiger partial charge on any atom is -0.459 e. The summed E-state index contributed by atoms with van der Waals surface area (Å²) in [6.07, 6.45) is 2.06. The maximum absolute atomic E-state index is 12.5. The number of carbonyl (C=O) groups is 1. The van der Waals surface area contributed by atoms with E-state index in [1.54, 1.807) is 29.5 Å². The van der Waals surface area contributed by atoms with Gasteiger partial charge in [0.2, 0.25) is 0 Å². The van der Waals surface area contributed by atoms with Crippen LogP contribution in [-0.2, 0) is 22.0 Å². The summed E-state index contributed by atoms with van der Waals surface area (Å²) in [4.78, 5) is 13.7. The third-order valence-corrected chi connectivity index (χ3v) is 6.26. The highest BCUT2D eigenvalue weighted by molar-refractivity contribution is 7.90. The predicted octanol–water partition coefficient (Wildman–Crippen LogP) is 3.29. The average molecular weight is 375 g/mol. The Morgan fingerprint density at radius 3 is 2.60 bits per heavy atom. The van der Waals surface area contributed by atoms with E-state index in [0.29, 0.717) is 12.1 Å². The first-order valence-corrected chi connectivity index (χ1v) is 10.2. The summed E-state index contributed by atoms with van der Waals surface area (Å²) in [6.45, 7) is 0.463. The molecule has 130 valence electrons. The van der Waals surface area contributed by atoms with E-state index in [9.17, 15) is 13.2 Å². The lowest BCUT2D eigenvalue weighted by Gasteiger charge is -2.06. The van der Waals surface area contributed by atoms with Crippen LogP contribution in [0.2, 0.25) is 0 Å². The molecule has 0 radical (unpaired) electrons. The molecule has 0 bridgehead atoms. The maximum atomic E-state index is 12.5. The zero-order chi connectivity index (χ0) is 17.7. The third kappa shape index (κ3) is 4.37. The maximum Gasteiger partial charge on any atom is 0.287 e. The van der Waals surface area contributed by atoms with Crippen molar-refractivity contribution in [2.45, 2.75) is 17.1 Å². The molecule has 0 unspecified atom stereocenters. The highest BCUT2D eigenvalue weighted by Crippen LogP contribution is 2.20. The van der Waals surface area contributed by atoms with Crippen LogP contribution < -0.4 is 5.32 Å². The molecule has 1 aromatic carbocycles. The largest absolute Gasteiger partial charge is 0.459 e. The number of carbonyl (C=O) groups excluding carboxylic acids is 1. The predicted molar refractivity (Wildman–Crippen MR) is 96.4 cm³/mol. The summed E-state index contributed by atoms with van der Waals surface area (Å²) in [5, 5.41) is 4.75. The Hall–Kier alpha value is -2.38. The molecule has 7 heteroatoms. The molecule has 3 aromatic rings. The van der Waals surface area contributed by atoms with Gasteiger partial charge >= 0.3 is 0 Å². The lowest BCUT2D eigenvalue weighted by Crippen LogP contribution is -2.26. The molecule has 0 aliphatic carbocycles. The second-order valence-corrected chi connectivity index (χ2v) is 8.45. The van der Waals surface area contributed by atoms with E-state index in [1.807, 2.05) is 17.5 Å². The fourth-order valence-corrected chi connectivity index (χ4v) is 4.48. The van der Waals surface area contributed by atoms with Crippen molar-refractivity contribution in [3.8, 4) is 0 Å². The molecule has 0 saturated heterocycles. The molecule has 0 aliphatic rings. The van der Waals surface area contributed by atoms with Gasteiger partial charge in [0.05, 0.1) is 16.9 Å². The number of sulfone groups is 1. The second kappa shape index (κ2) is 7.67. The quantitative estimate of drug-likeness (QED) is 0.687. The van der Waals surface area contributed by atoms with Gasteiger partial charge in [0.25, 0.3) is 5.91 Å². The highest BCUT2D eigenvalue weighted by atomic mass is 32.2. The van der Waals surface area contributed by atoms with Gasteiger partial charge in [-0.1, -0.05) is 24.3 Å². The third-order valence-electron chi connectivity index (χ3n) is 3.64. The topological polar surface area (TPSA) is 76.4 Å². The standard InChI is InChI=1S/C18H17NO4S2/c20-18(19-10-8-15-5-4-12-24-15)17-14(9-11-23-17)13-25(21,22)16-6-2-1-3-7-16/h1-7,9,11-12H,8,10,13H2,(H,19,20). The van der Waals surface area contributed by atoms with Crippen LogP contribution in [0, 0.1) is 0 Å². The fraction of sp³-hybridized carbons (Fsp3) is 0.167. The van der Waals surface area contributed by atoms with Crippen LogP contribution in [0.25, 0.3) is 0 Å². The molecule has 5 nitrogen and oxygen atoms in total. The number of benzene rings is 1.